The molecule has 0 spiro atoms. The van der Waals surface area contributed by atoms with Gasteiger partial charge in [0.15, 0.2) is 0 Å². The van der Waals surface area contributed by atoms with Gasteiger partial charge in [-0.25, -0.2) is 4.39 Å². The molecule has 18 heavy (non-hydrogen) atoms. The molecule has 4 nitrogen and oxygen atoms in total. The van der Waals surface area contributed by atoms with Crippen LogP contribution < -0.4 is 0 Å². The molecule has 0 aliphatic rings. The number of carbonyl (C=O) groups is 1. The molecular formula is C12H15FO4S. The van der Waals surface area contributed by atoms with Crippen LogP contribution in [0.5, 0.6) is 0 Å². The normalized spacial score (nSPS) is 14.2. The van der Waals surface area contributed by atoms with E-state index < -0.39 is 30.4 Å². The van der Waals surface area contributed by atoms with Crippen molar-refractivity contribution in [1.82, 2.24) is 0 Å². The third-order valence-corrected chi connectivity index (χ3v) is 2.80. The van der Waals surface area contributed by atoms with E-state index in [1.54, 1.807) is 0 Å². The molecule has 0 saturated carbocycles. The van der Waals surface area contributed by atoms with Gasteiger partial charge < -0.3 is 15.3 Å². The highest BCUT2D eigenvalue weighted by Crippen LogP contribution is 2.22. The molecule has 0 aliphatic carbocycles. The van der Waals surface area contributed by atoms with E-state index in [4.69, 9.17) is 5.11 Å². The van der Waals surface area contributed by atoms with E-state index >= 15 is 0 Å². The summed E-state index contributed by atoms with van der Waals surface area (Å²) < 4.78 is 13.3. The van der Waals surface area contributed by atoms with Crippen molar-refractivity contribution in [3.05, 3.63) is 35.1 Å². The predicted octanol–water partition coefficient (Wildman–Crippen LogP) is 1.17. The SMILES string of the molecule is O=C(O)Cc1cc(C(O)C(O)CCS)ccc1F. The minimum absolute atomic E-state index is 0.0166. The Bertz CT molecular complexity index is 425. The third-order valence-electron chi connectivity index (χ3n) is 2.54. The summed E-state index contributed by atoms with van der Waals surface area (Å²) in [5.41, 5.74) is 0.277. The Morgan fingerprint density at radius 2 is 2.06 bits per heavy atom. The van der Waals surface area contributed by atoms with Crippen LogP contribution in [0.1, 0.15) is 23.7 Å². The molecule has 0 fully saturated rings. The fourth-order valence-corrected chi connectivity index (χ4v) is 1.85. The number of aliphatic hydroxyl groups excluding tert-OH is 2. The molecule has 2 atom stereocenters. The molecule has 0 amide bonds. The monoisotopic (exact) mass is 274 g/mol. The highest BCUT2D eigenvalue weighted by molar-refractivity contribution is 7.80. The number of aliphatic hydroxyl groups is 2. The Morgan fingerprint density at radius 1 is 1.39 bits per heavy atom. The second-order valence-corrected chi connectivity index (χ2v) is 4.39. The lowest BCUT2D eigenvalue weighted by molar-refractivity contribution is -0.136. The van der Waals surface area contributed by atoms with Crippen LogP contribution in [0.25, 0.3) is 0 Å². The van der Waals surface area contributed by atoms with Crippen molar-refractivity contribution in [2.75, 3.05) is 5.75 Å². The molecule has 1 rings (SSSR count). The van der Waals surface area contributed by atoms with E-state index in [1.807, 2.05) is 0 Å². The number of carboxylic acid groups (broad SMARTS) is 1. The van der Waals surface area contributed by atoms with Crippen molar-refractivity contribution in [2.45, 2.75) is 25.0 Å². The summed E-state index contributed by atoms with van der Waals surface area (Å²) >= 11 is 3.94. The standard InChI is InChI=1S/C12H15FO4S/c13-9-2-1-7(5-8(9)6-11(15)16)12(17)10(14)3-4-18/h1-2,5,10,12,14,17-18H,3-4,6H2,(H,15,16). The summed E-state index contributed by atoms with van der Waals surface area (Å²) in [6, 6.07) is 3.67. The summed E-state index contributed by atoms with van der Waals surface area (Å²) in [6.07, 6.45) is -2.36. The Balaban J connectivity index is 2.93. The maximum Gasteiger partial charge on any atom is 0.307 e. The van der Waals surface area contributed by atoms with Crippen molar-refractivity contribution in [3.63, 3.8) is 0 Å². The van der Waals surface area contributed by atoms with Gasteiger partial charge in [0.2, 0.25) is 0 Å². The number of hydrogen-bond donors (Lipinski definition) is 4. The van der Waals surface area contributed by atoms with E-state index in [-0.39, 0.29) is 12.0 Å². The summed E-state index contributed by atoms with van der Waals surface area (Å²) in [5, 5.41) is 28.0. The smallest absolute Gasteiger partial charge is 0.307 e. The molecule has 0 heterocycles. The number of rotatable bonds is 6. The number of thiol groups is 1. The Kier molecular flexibility index (Phi) is 5.58. The van der Waals surface area contributed by atoms with Crippen molar-refractivity contribution in [1.29, 1.82) is 0 Å². The largest absolute Gasteiger partial charge is 0.481 e. The minimum Gasteiger partial charge on any atom is -0.481 e. The Labute approximate surface area is 109 Å². The zero-order valence-corrected chi connectivity index (χ0v) is 10.5. The van der Waals surface area contributed by atoms with Crippen LogP contribution in [0.4, 0.5) is 4.39 Å². The van der Waals surface area contributed by atoms with Gasteiger partial charge in [0.1, 0.15) is 11.9 Å². The number of aliphatic carboxylic acids is 1. The number of benzene rings is 1. The zero-order valence-electron chi connectivity index (χ0n) is 9.58. The van der Waals surface area contributed by atoms with E-state index in [9.17, 15) is 19.4 Å². The van der Waals surface area contributed by atoms with Gasteiger partial charge in [0.05, 0.1) is 12.5 Å². The molecule has 0 bridgehead atoms. The van der Waals surface area contributed by atoms with Crippen LogP contribution in [-0.4, -0.2) is 33.1 Å². The van der Waals surface area contributed by atoms with E-state index in [1.165, 1.54) is 12.1 Å². The lowest BCUT2D eigenvalue weighted by atomic mass is 9.99. The molecule has 0 aliphatic heterocycles. The molecule has 0 radical (unpaired) electrons. The zero-order chi connectivity index (χ0) is 13.7. The summed E-state index contributed by atoms with van der Waals surface area (Å²) in [7, 11) is 0. The van der Waals surface area contributed by atoms with Crippen molar-refractivity contribution >= 4 is 18.6 Å². The Morgan fingerprint density at radius 3 is 2.61 bits per heavy atom. The molecule has 2 unspecified atom stereocenters. The highest BCUT2D eigenvalue weighted by atomic mass is 32.1. The van der Waals surface area contributed by atoms with Crippen LogP contribution in [0.3, 0.4) is 0 Å². The van der Waals surface area contributed by atoms with Gasteiger partial charge in [0, 0.05) is 0 Å². The fraction of sp³-hybridized carbons (Fsp3) is 0.417. The third kappa shape index (κ3) is 3.97. The van der Waals surface area contributed by atoms with Crippen LogP contribution in [-0.2, 0) is 11.2 Å². The maximum absolute atomic E-state index is 13.3. The lowest BCUT2D eigenvalue weighted by Gasteiger charge is -2.18. The Hall–Kier alpha value is -1.11. The average molecular weight is 274 g/mol. The van der Waals surface area contributed by atoms with Gasteiger partial charge in [-0.05, 0) is 35.4 Å². The average Bonchev–Trinajstić information content (AvgIpc) is 2.31. The van der Waals surface area contributed by atoms with Crippen molar-refractivity contribution in [3.8, 4) is 0 Å². The number of hydrogen-bond acceptors (Lipinski definition) is 4. The molecule has 1 aromatic rings. The second-order valence-electron chi connectivity index (χ2n) is 3.95. The van der Waals surface area contributed by atoms with Crippen LogP contribution in [0, 0.1) is 5.82 Å². The van der Waals surface area contributed by atoms with Crippen LogP contribution >= 0.6 is 12.6 Å². The summed E-state index contributed by atoms with van der Waals surface area (Å²) in [6.45, 7) is 0. The van der Waals surface area contributed by atoms with Gasteiger partial charge in [-0.2, -0.15) is 12.6 Å². The van der Waals surface area contributed by atoms with Gasteiger partial charge in [-0.1, -0.05) is 6.07 Å². The first-order chi connectivity index (χ1) is 8.45. The first-order valence-electron chi connectivity index (χ1n) is 5.42. The highest BCUT2D eigenvalue weighted by Gasteiger charge is 2.19. The molecule has 6 heteroatoms. The second kappa shape index (κ2) is 6.72. The molecular weight excluding hydrogens is 259 g/mol. The first-order valence-corrected chi connectivity index (χ1v) is 6.06. The lowest BCUT2D eigenvalue weighted by Crippen LogP contribution is -2.19. The number of halogens is 1. The molecule has 3 N–H and O–H groups in total. The van der Waals surface area contributed by atoms with E-state index in [2.05, 4.69) is 12.6 Å². The van der Waals surface area contributed by atoms with Crippen molar-refractivity contribution < 1.29 is 24.5 Å². The van der Waals surface area contributed by atoms with E-state index in [0.29, 0.717) is 11.3 Å². The topological polar surface area (TPSA) is 77.8 Å². The van der Waals surface area contributed by atoms with Crippen LogP contribution in [0.2, 0.25) is 0 Å². The van der Waals surface area contributed by atoms with Crippen molar-refractivity contribution in [2.24, 2.45) is 0 Å². The van der Waals surface area contributed by atoms with Gasteiger partial charge >= 0.3 is 5.97 Å². The summed E-state index contributed by atoms with van der Waals surface area (Å²) in [4.78, 5) is 10.5. The predicted molar refractivity (Wildman–Crippen MR) is 67.2 cm³/mol. The summed E-state index contributed by atoms with van der Waals surface area (Å²) in [5.74, 6) is -1.39. The molecule has 0 aromatic heterocycles. The van der Waals surface area contributed by atoms with Gasteiger partial charge in [-0.15, -0.1) is 0 Å². The maximum atomic E-state index is 13.3. The van der Waals surface area contributed by atoms with E-state index in [0.717, 1.165) is 6.07 Å². The number of carboxylic acids is 1. The van der Waals surface area contributed by atoms with Crippen LogP contribution in [0.15, 0.2) is 18.2 Å². The van der Waals surface area contributed by atoms with Gasteiger partial charge in [-0.3, -0.25) is 4.79 Å². The minimum atomic E-state index is -1.18. The first kappa shape index (κ1) is 14.9. The molecule has 100 valence electrons. The van der Waals surface area contributed by atoms with Gasteiger partial charge in [0.25, 0.3) is 0 Å². The molecule has 0 saturated heterocycles. The molecule has 1 aromatic carbocycles. The fourth-order valence-electron chi connectivity index (χ4n) is 1.59. The quantitative estimate of drug-likeness (QED) is 0.587.